The monoisotopic (exact) mass is 476 g/mol. The van der Waals surface area contributed by atoms with Crippen LogP contribution in [0.3, 0.4) is 0 Å². The van der Waals surface area contributed by atoms with Crippen molar-refractivity contribution in [2.75, 3.05) is 13.7 Å². The first-order valence-electron chi connectivity index (χ1n) is 11.4. The number of ether oxygens (including phenoxy) is 1. The number of methoxy groups -OCH3 is 1. The summed E-state index contributed by atoms with van der Waals surface area (Å²) in [6.07, 6.45) is 3.07. The Hall–Kier alpha value is -3.62. The molecule has 0 bridgehead atoms. The van der Waals surface area contributed by atoms with E-state index in [2.05, 4.69) is 24.0 Å². The molecule has 4 aromatic rings. The van der Waals surface area contributed by atoms with Gasteiger partial charge in [0.1, 0.15) is 11.6 Å². The van der Waals surface area contributed by atoms with Crippen molar-refractivity contribution in [2.24, 2.45) is 0 Å². The molecule has 0 aliphatic carbocycles. The smallest absolute Gasteiger partial charge is 0.159 e. The number of benzene rings is 4. The van der Waals surface area contributed by atoms with Crippen molar-refractivity contribution in [1.82, 2.24) is 0 Å². The summed E-state index contributed by atoms with van der Waals surface area (Å²) in [5.74, 6) is 1.90. The summed E-state index contributed by atoms with van der Waals surface area (Å²) in [5, 5.41) is 0.965. The van der Waals surface area contributed by atoms with Gasteiger partial charge in [0.05, 0.1) is 5.56 Å². The van der Waals surface area contributed by atoms with Crippen molar-refractivity contribution in [3.8, 4) is 11.8 Å². The molecule has 0 heterocycles. The van der Waals surface area contributed by atoms with Crippen molar-refractivity contribution >= 4 is 10.8 Å². The van der Waals surface area contributed by atoms with Crippen molar-refractivity contribution in [3.05, 3.63) is 118 Å². The molecule has 0 unspecified atom stereocenters. The number of hydrogen-bond acceptors (Lipinski definition) is 1. The van der Waals surface area contributed by atoms with Gasteiger partial charge in [-0.05, 0) is 89.5 Å². The van der Waals surface area contributed by atoms with Gasteiger partial charge in [-0.25, -0.2) is 17.6 Å². The van der Waals surface area contributed by atoms with E-state index < -0.39 is 23.3 Å². The minimum absolute atomic E-state index is 0.320. The van der Waals surface area contributed by atoms with Crippen LogP contribution < -0.4 is 0 Å². The average molecular weight is 477 g/mol. The van der Waals surface area contributed by atoms with Gasteiger partial charge in [0.25, 0.3) is 0 Å². The Morgan fingerprint density at radius 1 is 0.600 bits per heavy atom. The SMILES string of the molecule is COCCCc1ccc(CCc2cc(F)c(C#Cc3ccc4cc(F)c(F)cc4c3)c(F)c2)cc1. The molecule has 0 spiro atoms. The second-order valence-electron chi connectivity index (χ2n) is 8.43. The maximum absolute atomic E-state index is 14.6. The first-order chi connectivity index (χ1) is 16.9. The molecule has 0 aliphatic heterocycles. The van der Waals surface area contributed by atoms with Crippen LogP contribution in [0.25, 0.3) is 10.8 Å². The molecule has 0 aliphatic rings. The van der Waals surface area contributed by atoms with Gasteiger partial charge in [0, 0.05) is 19.3 Å². The number of fused-ring (bicyclic) bond motifs is 1. The van der Waals surface area contributed by atoms with E-state index in [0.717, 1.165) is 37.1 Å². The third-order valence-electron chi connectivity index (χ3n) is 5.85. The molecule has 0 saturated heterocycles. The van der Waals surface area contributed by atoms with Gasteiger partial charge in [-0.1, -0.05) is 42.2 Å². The zero-order valence-corrected chi connectivity index (χ0v) is 19.3. The zero-order chi connectivity index (χ0) is 24.8. The van der Waals surface area contributed by atoms with Gasteiger partial charge in [-0.2, -0.15) is 0 Å². The van der Waals surface area contributed by atoms with Crippen LogP contribution in [0.1, 0.15) is 34.2 Å². The molecule has 35 heavy (non-hydrogen) atoms. The zero-order valence-electron chi connectivity index (χ0n) is 19.3. The van der Waals surface area contributed by atoms with Gasteiger partial charge in [-0.15, -0.1) is 0 Å². The highest BCUT2D eigenvalue weighted by atomic mass is 19.2. The fourth-order valence-corrected chi connectivity index (χ4v) is 3.93. The second kappa shape index (κ2) is 11.2. The van der Waals surface area contributed by atoms with E-state index in [1.54, 1.807) is 25.3 Å². The first-order valence-corrected chi connectivity index (χ1v) is 11.4. The van der Waals surface area contributed by atoms with Gasteiger partial charge >= 0.3 is 0 Å². The van der Waals surface area contributed by atoms with E-state index in [1.165, 1.54) is 17.7 Å². The van der Waals surface area contributed by atoms with E-state index >= 15 is 0 Å². The first kappa shape index (κ1) is 24.5. The molecular weight excluding hydrogens is 452 g/mol. The van der Waals surface area contributed by atoms with Crippen LogP contribution in [0, 0.1) is 35.1 Å². The summed E-state index contributed by atoms with van der Waals surface area (Å²) in [6, 6.07) is 17.7. The summed E-state index contributed by atoms with van der Waals surface area (Å²) < 4.78 is 61.2. The molecule has 0 aromatic heterocycles. The van der Waals surface area contributed by atoms with Gasteiger partial charge in [-0.3, -0.25) is 0 Å². The predicted octanol–water partition coefficient (Wildman–Crippen LogP) is 7.16. The van der Waals surface area contributed by atoms with Crippen LogP contribution in [-0.2, 0) is 24.0 Å². The lowest BCUT2D eigenvalue weighted by molar-refractivity contribution is 0.195. The van der Waals surface area contributed by atoms with Crippen LogP contribution in [0.2, 0.25) is 0 Å². The molecule has 0 fully saturated rings. The van der Waals surface area contributed by atoms with Crippen LogP contribution in [0.15, 0.2) is 66.7 Å². The molecule has 1 nitrogen and oxygen atoms in total. The normalized spacial score (nSPS) is 10.9. The van der Waals surface area contributed by atoms with E-state index in [0.29, 0.717) is 34.7 Å². The molecule has 5 heteroatoms. The largest absolute Gasteiger partial charge is 0.385 e. The third kappa shape index (κ3) is 6.29. The van der Waals surface area contributed by atoms with Crippen molar-refractivity contribution in [1.29, 1.82) is 0 Å². The van der Waals surface area contributed by atoms with E-state index in [-0.39, 0.29) is 5.56 Å². The third-order valence-corrected chi connectivity index (χ3v) is 5.85. The minimum Gasteiger partial charge on any atom is -0.385 e. The lowest BCUT2D eigenvalue weighted by Gasteiger charge is -2.07. The average Bonchev–Trinajstić information content (AvgIpc) is 2.84. The summed E-state index contributed by atoms with van der Waals surface area (Å²) in [4.78, 5) is 0. The van der Waals surface area contributed by atoms with Crippen LogP contribution in [0.4, 0.5) is 17.6 Å². The highest BCUT2D eigenvalue weighted by molar-refractivity contribution is 5.84. The van der Waals surface area contributed by atoms with Crippen molar-refractivity contribution in [2.45, 2.75) is 25.7 Å². The molecule has 4 aromatic carbocycles. The summed E-state index contributed by atoms with van der Waals surface area (Å²) >= 11 is 0. The molecule has 0 amide bonds. The predicted molar refractivity (Wildman–Crippen MR) is 130 cm³/mol. The molecule has 0 saturated carbocycles. The maximum atomic E-state index is 14.6. The highest BCUT2D eigenvalue weighted by Crippen LogP contribution is 2.21. The van der Waals surface area contributed by atoms with Crippen LogP contribution in [-0.4, -0.2) is 13.7 Å². The minimum atomic E-state index is -0.965. The lowest BCUT2D eigenvalue weighted by atomic mass is 10.0. The van der Waals surface area contributed by atoms with Crippen molar-refractivity contribution in [3.63, 3.8) is 0 Å². The van der Waals surface area contributed by atoms with E-state index in [9.17, 15) is 17.6 Å². The topological polar surface area (TPSA) is 9.23 Å². The fourth-order valence-electron chi connectivity index (χ4n) is 3.93. The van der Waals surface area contributed by atoms with Gasteiger partial charge in [0.2, 0.25) is 0 Å². The number of aryl methyl sites for hydroxylation is 3. The number of halogens is 4. The number of hydrogen-bond donors (Lipinski definition) is 0. The highest BCUT2D eigenvalue weighted by Gasteiger charge is 2.10. The summed E-state index contributed by atoms with van der Waals surface area (Å²) in [7, 11) is 1.69. The quantitative estimate of drug-likeness (QED) is 0.156. The Balaban J connectivity index is 1.44. The number of rotatable bonds is 7. The molecule has 0 atom stereocenters. The Labute approximate surface area is 202 Å². The summed E-state index contributed by atoms with van der Waals surface area (Å²) in [6.45, 7) is 0.725. The van der Waals surface area contributed by atoms with Gasteiger partial charge in [0.15, 0.2) is 11.6 Å². The fraction of sp³-hybridized carbons (Fsp3) is 0.200. The standard InChI is InChI=1S/C30H24F4O/c1-35-14-2-3-20-4-6-21(7-5-20)8-9-23-16-27(31)26(28(32)17-23)13-11-22-10-12-24-18-29(33)30(34)19-25(24)15-22/h4-7,10,12,15-19H,2-3,8-9,14H2,1H3. The Kier molecular flexibility index (Phi) is 7.84. The lowest BCUT2D eigenvalue weighted by Crippen LogP contribution is -1.98. The molecule has 0 radical (unpaired) electrons. The Bertz CT molecular complexity index is 1380. The van der Waals surface area contributed by atoms with Gasteiger partial charge < -0.3 is 4.74 Å². The summed E-state index contributed by atoms with van der Waals surface area (Å²) in [5.41, 5.74) is 3.00. The Morgan fingerprint density at radius 2 is 1.20 bits per heavy atom. The van der Waals surface area contributed by atoms with Crippen LogP contribution in [0.5, 0.6) is 0 Å². The van der Waals surface area contributed by atoms with E-state index in [4.69, 9.17) is 4.74 Å². The molecular formula is C30H24F4O. The Morgan fingerprint density at radius 3 is 1.86 bits per heavy atom. The van der Waals surface area contributed by atoms with E-state index in [1.807, 2.05) is 12.1 Å². The van der Waals surface area contributed by atoms with Crippen molar-refractivity contribution < 1.29 is 22.3 Å². The molecule has 178 valence electrons. The molecule has 4 rings (SSSR count). The second-order valence-corrected chi connectivity index (χ2v) is 8.43. The van der Waals surface area contributed by atoms with Crippen LogP contribution >= 0.6 is 0 Å². The molecule has 0 N–H and O–H groups in total. The maximum Gasteiger partial charge on any atom is 0.159 e.